The maximum Gasteiger partial charge on any atom is 0.277 e. The van der Waals surface area contributed by atoms with E-state index in [4.69, 9.17) is 4.74 Å². The number of ether oxygens (including phenoxy) is 1. The first-order chi connectivity index (χ1) is 16.0. The van der Waals surface area contributed by atoms with E-state index in [1.54, 1.807) is 63.3 Å². The number of nitrogens with one attached hydrogen (secondary N) is 2. The molecule has 0 saturated carbocycles. The first-order valence-corrected chi connectivity index (χ1v) is 15.3. The van der Waals surface area contributed by atoms with Crippen LogP contribution in [-0.4, -0.2) is 46.0 Å². The predicted molar refractivity (Wildman–Crippen MR) is 133 cm³/mol. The minimum Gasteiger partial charge on any atom is -0.497 e. The quantitative estimate of drug-likeness (QED) is 0.139. The molecule has 0 aromatic heterocycles. The molecule has 0 aliphatic carbocycles. The number of amides is 2. The summed E-state index contributed by atoms with van der Waals surface area (Å²) in [5.74, 6) is 1.03. The van der Waals surface area contributed by atoms with Gasteiger partial charge < -0.3 is 4.74 Å². The number of hydrogen-bond donors (Lipinski definition) is 2. The van der Waals surface area contributed by atoms with Crippen molar-refractivity contribution in [3.8, 4) is 5.75 Å². The summed E-state index contributed by atoms with van der Waals surface area (Å²) >= 11 is 0.149. The summed E-state index contributed by atoms with van der Waals surface area (Å²) in [6.45, 7) is 4.58. The third-order valence-electron chi connectivity index (χ3n) is 4.68. The van der Waals surface area contributed by atoms with Gasteiger partial charge in [0.25, 0.3) is 11.8 Å². The van der Waals surface area contributed by atoms with Crippen LogP contribution in [0.1, 0.15) is 55.5 Å². The average molecular weight is 557 g/mol. The first-order valence-electron chi connectivity index (χ1n) is 11.3. The molecule has 176 valence electrons. The molecule has 0 aliphatic heterocycles. The molecule has 0 bridgehead atoms. The average Bonchev–Trinajstić information content (AvgIpc) is 2.86. The van der Waals surface area contributed by atoms with Crippen molar-refractivity contribution in [1.82, 2.24) is 10.9 Å². The zero-order chi connectivity index (χ0) is 24.3. The standard InChI is InChI=1S/C18H16N2O4.2C4H9.Sn/c1-24-16-9-7-14(8-10-16)17(22)19-20-18(23)15(12-21)11-13-5-3-2-4-6-13;2*1-3-4-2;/h2-10H,11H2,1H3,(H,19,22)(H,20,23);2*1,3-4H2,2H3;. The number of hydrogen-bond acceptors (Lipinski definition) is 4. The molecule has 7 heteroatoms. The van der Waals surface area contributed by atoms with Crippen LogP contribution >= 0.6 is 0 Å². The molecule has 6 nitrogen and oxygen atoms in total. The second-order valence-corrected chi connectivity index (χ2v) is 11.6. The monoisotopic (exact) mass is 558 g/mol. The minimum atomic E-state index is -0.698. The Morgan fingerprint density at radius 3 is 2.03 bits per heavy atom. The van der Waals surface area contributed by atoms with E-state index in [2.05, 4.69) is 24.7 Å². The number of methoxy groups -OCH3 is 1. The summed E-state index contributed by atoms with van der Waals surface area (Å²) in [5.41, 5.74) is 5.51. The number of benzene rings is 2. The molecule has 2 amide bonds. The second-order valence-electron chi connectivity index (χ2n) is 7.34. The minimum absolute atomic E-state index is 0.101. The van der Waals surface area contributed by atoms with Gasteiger partial charge in [0.2, 0.25) is 0 Å². The number of hydrazine groups is 1. The Kier molecular flexibility index (Phi) is 15.5. The van der Waals surface area contributed by atoms with E-state index >= 15 is 0 Å². The van der Waals surface area contributed by atoms with Crippen molar-refractivity contribution < 1.29 is 19.1 Å². The largest absolute Gasteiger partial charge is 0.497 e. The topological polar surface area (TPSA) is 84.5 Å². The van der Waals surface area contributed by atoms with E-state index in [0.29, 0.717) is 11.3 Å². The van der Waals surface area contributed by atoms with Gasteiger partial charge in [-0.2, -0.15) is 0 Å². The summed E-state index contributed by atoms with van der Waals surface area (Å²) in [6, 6.07) is 15.4. The van der Waals surface area contributed by atoms with Crippen LogP contribution in [0.5, 0.6) is 5.75 Å². The molecule has 2 rings (SSSR count). The van der Waals surface area contributed by atoms with E-state index in [9.17, 15) is 14.4 Å². The van der Waals surface area contributed by atoms with Crippen LogP contribution in [0.2, 0.25) is 8.87 Å². The third-order valence-corrected chi connectivity index (χ3v) is 8.71. The molecule has 0 atom stereocenters. The van der Waals surface area contributed by atoms with Gasteiger partial charge in [0.1, 0.15) is 17.3 Å². The van der Waals surface area contributed by atoms with Gasteiger partial charge in [-0.1, -0.05) is 30.3 Å². The molecule has 0 aliphatic rings. The number of rotatable bonds is 11. The Hall–Kier alpha value is -2.57. The van der Waals surface area contributed by atoms with Gasteiger partial charge in [0.15, 0.2) is 0 Å². The van der Waals surface area contributed by atoms with Gasteiger partial charge in [-0.25, -0.2) is 4.79 Å². The van der Waals surface area contributed by atoms with Gasteiger partial charge in [0, 0.05) is 12.0 Å². The van der Waals surface area contributed by atoms with Crippen LogP contribution in [0.25, 0.3) is 0 Å². The Morgan fingerprint density at radius 2 is 1.52 bits per heavy atom. The van der Waals surface area contributed by atoms with E-state index in [1.807, 2.05) is 6.07 Å². The fourth-order valence-electron chi connectivity index (χ4n) is 2.69. The fourth-order valence-corrected chi connectivity index (χ4v) is 6.85. The third kappa shape index (κ3) is 12.3. The molecule has 0 unspecified atom stereocenters. The van der Waals surface area contributed by atoms with Gasteiger partial charge in [-0.15, -0.1) is 0 Å². The molecular formula is C26H34N2O4Sn. The van der Waals surface area contributed by atoms with Gasteiger partial charge >= 0.3 is 69.5 Å². The zero-order valence-corrected chi connectivity index (χ0v) is 22.6. The Morgan fingerprint density at radius 1 is 0.909 bits per heavy atom. The molecule has 0 heterocycles. The summed E-state index contributed by atoms with van der Waals surface area (Å²) in [6.07, 6.45) is 5.97. The van der Waals surface area contributed by atoms with Gasteiger partial charge in [-0.3, -0.25) is 20.4 Å². The van der Waals surface area contributed by atoms with Crippen LogP contribution in [0.15, 0.2) is 60.2 Å². The number of carbonyl (C=O) groups is 2. The van der Waals surface area contributed by atoms with E-state index in [1.165, 1.54) is 32.8 Å². The zero-order valence-electron chi connectivity index (χ0n) is 19.8. The summed E-state index contributed by atoms with van der Waals surface area (Å²) in [5, 5.41) is 0. The van der Waals surface area contributed by atoms with Crippen molar-refractivity contribution in [1.29, 1.82) is 0 Å². The van der Waals surface area contributed by atoms with Crippen molar-refractivity contribution in [2.75, 3.05) is 7.11 Å². The Labute approximate surface area is 207 Å². The molecule has 33 heavy (non-hydrogen) atoms. The maximum atomic E-state index is 12.0. The molecule has 0 fully saturated rings. The SMILES string of the molecule is CCC[CH2][Sn][CH2]CCC.COc1ccc(C(=O)NNC(=O)C(=C=O)Cc2ccccc2)cc1. The van der Waals surface area contributed by atoms with Crippen LogP contribution < -0.4 is 15.6 Å². The van der Waals surface area contributed by atoms with Crippen molar-refractivity contribution in [3.63, 3.8) is 0 Å². The summed E-state index contributed by atoms with van der Waals surface area (Å²) < 4.78 is 8.25. The molecule has 2 aromatic rings. The van der Waals surface area contributed by atoms with Crippen molar-refractivity contribution in [2.45, 2.75) is 54.8 Å². The smallest absolute Gasteiger partial charge is 0.277 e. The Balaban J connectivity index is 0.000000513. The van der Waals surface area contributed by atoms with Crippen LogP contribution in [0, 0.1) is 0 Å². The molecule has 0 saturated heterocycles. The van der Waals surface area contributed by atoms with Crippen LogP contribution in [0.4, 0.5) is 0 Å². The molecule has 0 spiro atoms. The normalized spacial score (nSPS) is 9.67. The maximum absolute atomic E-state index is 12.0. The molecule has 2 radical (unpaired) electrons. The van der Waals surface area contributed by atoms with E-state index in [-0.39, 0.29) is 33.1 Å². The van der Waals surface area contributed by atoms with Crippen molar-refractivity contribution >= 4 is 38.9 Å². The molecule has 2 aromatic carbocycles. The Bertz CT molecular complexity index is 873. The molecular weight excluding hydrogens is 523 g/mol. The van der Waals surface area contributed by atoms with Crippen LogP contribution in [0.3, 0.4) is 0 Å². The number of carbonyl (C=O) groups excluding carboxylic acids is 3. The van der Waals surface area contributed by atoms with Gasteiger partial charge in [-0.05, 0) is 29.8 Å². The summed E-state index contributed by atoms with van der Waals surface area (Å²) in [4.78, 5) is 34.9. The van der Waals surface area contributed by atoms with E-state index in [0.717, 1.165) is 5.56 Å². The fraction of sp³-hybridized carbons (Fsp3) is 0.385. The van der Waals surface area contributed by atoms with Crippen molar-refractivity contribution in [2.24, 2.45) is 0 Å². The number of unbranched alkanes of at least 4 members (excludes halogenated alkanes) is 2. The van der Waals surface area contributed by atoms with E-state index < -0.39 is 11.8 Å². The van der Waals surface area contributed by atoms with Crippen LogP contribution in [-0.2, 0) is 16.0 Å². The predicted octanol–water partition coefficient (Wildman–Crippen LogP) is 4.58. The van der Waals surface area contributed by atoms with Gasteiger partial charge in [0.05, 0.1) is 7.11 Å². The second kappa shape index (κ2) is 17.9. The summed E-state index contributed by atoms with van der Waals surface area (Å²) in [7, 11) is 1.52. The van der Waals surface area contributed by atoms with Crippen molar-refractivity contribution in [3.05, 3.63) is 71.3 Å². The first kappa shape index (κ1) is 28.5. The molecule has 2 N–H and O–H groups in total.